The number of hydrogen-bond acceptors (Lipinski definition) is 10. The van der Waals surface area contributed by atoms with Gasteiger partial charge >= 0.3 is 6.18 Å². The summed E-state index contributed by atoms with van der Waals surface area (Å²) in [5.41, 5.74) is 4.78. The molecule has 2 aromatic heterocycles. The number of rotatable bonds is 22. The number of nitrogens with zero attached hydrogens (tertiary/aromatic N) is 4. The maximum Gasteiger partial charge on any atom is 0.418 e. The van der Waals surface area contributed by atoms with Crippen molar-refractivity contribution in [3.05, 3.63) is 128 Å². The van der Waals surface area contributed by atoms with Crippen molar-refractivity contribution in [1.82, 2.24) is 41.0 Å². The van der Waals surface area contributed by atoms with Crippen LogP contribution in [0.1, 0.15) is 151 Å². The van der Waals surface area contributed by atoms with Crippen molar-refractivity contribution in [2.45, 2.75) is 134 Å². The third-order valence-electron chi connectivity index (χ3n) is 17.6. The number of benzene rings is 2. The zero-order chi connectivity index (χ0) is 56.6. The van der Waals surface area contributed by atoms with Gasteiger partial charge in [-0.25, -0.2) is 0 Å². The fourth-order valence-corrected chi connectivity index (χ4v) is 13.4. The van der Waals surface area contributed by atoms with Crippen molar-refractivity contribution in [3.63, 3.8) is 0 Å². The molecule has 3 aliphatic carbocycles. The van der Waals surface area contributed by atoms with Gasteiger partial charge in [0.1, 0.15) is 0 Å². The Balaban J connectivity index is 0.647. The van der Waals surface area contributed by atoms with Crippen LogP contribution in [0, 0.1) is 23.2 Å². The third-order valence-corrected chi connectivity index (χ3v) is 18.1. The molecular formula is C61H76BrF3N8O7. The minimum Gasteiger partial charge on any atom is -0.377 e. The first-order valence-corrected chi connectivity index (χ1v) is 29.5. The molecule has 0 radical (unpaired) electrons. The van der Waals surface area contributed by atoms with Gasteiger partial charge in [-0.2, -0.15) is 13.2 Å². The van der Waals surface area contributed by atoms with Crippen molar-refractivity contribution in [1.29, 1.82) is 0 Å². The van der Waals surface area contributed by atoms with Crippen LogP contribution >= 0.6 is 15.9 Å². The van der Waals surface area contributed by atoms with Crippen LogP contribution in [0.5, 0.6) is 0 Å². The lowest BCUT2D eigenvalue weighted by molar-refractivity contribution is -0.146. The number of nitrogens with one attached hydrogen (secondary N) is 4. The lowest BCUT2D eigenvalue weighted by Gasteiger charge is -2.40. The molecule has 4 N–H and O–H groups in total. The summed E-state index contributed by atoms with van der Waals surface area (Å²) < 4.78 is 56.3. The van der Waals surface area contributed by atoms with Gasteiger partial charge in [-0.15, -0.1) is 0 Å². The Bertz CT molecular complexity index is 2830. The normalized spacial score (nSPS) is 23.7. The monoisotopic (exact) mass is 1170 g/mol. The molecule has 0 bridgehead atoms. The van der Waals surface area contributed by atoms with Crippen LogP contribution in [0.2, 0.25) is 0 Å². The van der Waals surface area contributed by atoms with E-state index in [1.54, 1.807) is 47.4 Å². The molecule has 0 unspecified atom stereocenters. The number of likely N-dealkylation sites (tertiary alicyclic amines) is 1. The fraction of sp³-hybridized carbons (Fsp3) is 0.557. The molecule has 2 aliphatic heterocycles. The summed E-state index contributed by atoms with van der Waals surface area (Å²) in [6, 6.07) is 18.9. The van der Waals surface area contributed by atoms with Crippen molar-refractivity contribution in [3.8, 4) is 0 Å². The summed E-state index contributed by atoms with van der Waals surface area (Å²) >= 11 is 3.59. The van der Waals surface area contributed by atoms with Crippen molar-refractivity contribution in [2.24, 2.45) is 23.2 Å². The molecule has 2 saturated carbocycles. The first kappa shape index (κ1) is 58.9. The summed E-state index contributed by atoms with van der Waals surface area (Å²) in [5, 5.41) is 12.6. The summed E-state index contributed by atoms with van der Waals surface area (Å²) in [5.74, 6) is -0.953. The molecule has 80 heavy (non-hydrogen) atoms. The number of alkyl halides is 3. The smallest absolute Gasteiger partial charge is 0.377 e. The Kier molecular flexibility index (Phi) is 19.5. The van der Waals surface area contributed by atoms with Crippen molar-refractivity contribution < 1.29 is 46.6 Å². The van der Waals surface area contributed by atoms with Crippen LogP contribution in [0.3, 0.4) is 0 Å². The highest BCUT2D eigenvalue weighted by atomic mass is 79.9. The largest absolute Gasteiger partial charge is 0.418 e. The summed E-state index contributed by atoms with van der Waals surface area (Å²) in [6.07, 6.45) is 6.91. The van der Waals surface area contributed by atoms with Gasteiger partial charge in [-0.05, 0) is 147 Å². The average molecular weight is 1170 g/mol. The van der Waals surface area contributed by atoms with E-state index in [1.807, 2.05) is 18.2 Å². The second-order valence-electron chi connectivity index (χ2n) is 22.8. The van der Waals surface area contributed by atoms with Crippen LogP contribution < -0.4 is 21.3 Å². The summed E-state index contributed by atoms with van der Waals surface area (Å²) in [4.78, 5) is 78.1. The van der Waals surface area contributed by atoms with Gasteiger partial charge in [0.25, 0.3) is 5.91 Å². The molecule has 430 valence electrons. The van der Waals surface area contributed by atoms with E-state index < -0.39 is 23.1 Å². The Morgan fingerprint density at radius 1 is 0.838 bits per heavy atom. The molecule has 5 atom stereocenters. The van der Waals surface area contributed by atoms with Gasteiger partial charge in [0, 0.05) is 98.7 Å². The predicted molar refractivity (Wildman–Crippen MR) is 299 cm³/mol. The highest BCUT2D eigenvalue weighted by Gasteiger charge is 2.50. The summed E-state index contributed by atoms with van der Waals surface area (Å²) in [6.45, 7) is 6.75. The van der Waals surface area contributed by atoms with Gasteiger partial charge in [0.05, 0.1) is 55.1 Å². The zero-order valence-corrected chi connectivity index (χ0v) is 47.8. The number of carbonyl (C=O) groups is 5. The van der Waals surface area contributed by atoms with Gasteiger partial charge < -0.3 is 40.5 Å². The van der Waals surface area contributed by atoms with Gasteiger partial charge in [-0.1, -0.05) is 54.0 Å². The van der Waals surface area contributed by atoms with Crippen LogP contribution in [-0.4, -0.2) is 115 Å². The SMILES string of the molecule is CC(C)[C@]1(C(=O)N2CCc3nc(CCCNC(=O)C4CCC(c5ccc(C(=O)NCCOCCOCCNC(=O)[C@H]6CC(=O)N(C)[C@@H]6c6cccnc6)cc5)CC4)c(C(F)(F)F)cc3C2)CC[C@@H](N[C@@H]2CCc3cc(Br)ccc32)C1. The van der Waals surface area contributed by atoms with E-state index >= 15 is 0 Å². The predicted octanol–water partition coefficient (Wildman–Crippen LogP) is 8.74. The molecule has 9 rings (SSSR count). The van der Waals surface area contributed by atoms with E-state index in [2.05, 4.69) is 79.2 Å². The van der Waals surface area contributed by atoms with Crippen LogP contribution in [0.25, 0.3) is 0 Å². The first-order valence-electron chi connectivity index (χ1n) is 28.7. The van der Waals surface area contributed by atoms with Crippen LogP contribution in [0.15, 0.2) is 77.5 Å². The lowest BCUT2D eigenvalue weighted by atomic mass is 9.74. The number of aromatic nitrogens is 2. The lowest BCUT2D eigenvalue weighted by Crippen LogP contribution is -2.48. The van der Waals surface area contributed by atoms with Crippen molar-refractivity contribution >= 4 is 45.5 Å². The molecule has 5 amide bonds. The fourth-order valence-electron chi connectivity index (χ4n) is 13.0. The maximum atomic E-state index is 14.7. The average Bonchev–Trinajstić information content (AvgIpc) is 4.17. The van der Waals surface area contributed by atoms with E-state index in [0.717, 1.165) is 54.1 Å². The molecule has 0 spiro atoms. The number of pyridine rings is 2. The highest BCUT2D eigenvalue weighted by Crippen LogP contribution is 2.48. The number of hydrogen-bond donors (Lipinski definition) is 4. The van der Waals surface area contributed by atoms with E-state index in [1.165, 1.54) is 17.2 Å². The van der Waals surface area contributed by atoms with E-state index in [0.29, 0.717) is 88.4 Å². The van der Waals surface area contributed by atoms with E-state index in [-0.39, 0.29) is 104 Å². The van der Waals surface area contributed by atoms with E-state index in [9.17, 15) is 37.1 Å². The number of carbonyl (C=O) groups excluding carboxylic acids is 5. The second kappa shape index (κ2) is 26.4. The number of halogens is 4. The maximum absolute atomic E-state index is 14.7. The standard InChI is InChI=1S/C61H76BrF3N8O7/c1-38(2)60(22-20-47(35-60)70-52-19-16-43-32-46(62)17-18-48(43)52)59(78)73-27-21-51-45(37-73)33-50(61(63,64)65)53(71-51)7-5-24-67-56(75)41-12-8-39(9-13-41)40-10-14-42(15-11-40)57(76)68-25-28-79-30-31-80-29-26-69-58(77)49-34-54(74)72(3)55(49)44-6-4-23-66-36-44/h4,6,10-11,14-15,17-18,23,32-33,36,38-39,41,47,49,52,55,70H,5,7-9,12-13,16,19-22,24-31,34-35,37H2,1-3H3,(H,67,75)(H,68,76)(H,69,77)/t39?,41?,47-,49+,52-,55-,60+/m1/s1. The number of ether oxygens (including phenoxy) is 2. The second-order valence-corrected chi connectivity index (χ2v) is 23.7. The third kappa shape index (κ3) is 13.9. The molecule has 5 aliphatic rings. The molecule has 2 aromatic carbocycles. The Hall–Kier alpha value is -5.76. The van der Waals surface area contributed by atoms with Crippen molar-refractivity contribution in [2.75, 3.05) is 59.7 Å². The van der Waals surface area contributed by atoms with E-state index in [4.69, 9.17) is 9.47 Å². The Morgan fingerprint density at radius 3 is 2.29 bits per heavy atom. The topological polar surface area (TPSA) is 184 Å². The molecule has 3 fully saturated rings. The molecule has 4 heterocycles. The molecule has 1 saturated heterocycles. The minimum absolute atomic E-state index is 0.0200. The first-order chi connectivity index (χ1) is 38.5. The van der Waals surface area contributed by atoms with Gasteiger partial charge in [0.15, 0.2) is 0 Å². The molecular weight excluding hydrogens is 1090 g/mol. The number of aryl methyl sites for hydroxylation is 2. The molecule has 19 heteroatoms. The zero-order valence-electron chi connectivity index (χ0n) is 46.2. The molecule has 4 aromatic rings. The highest BCUT2D eigenvalue weighted by molar-refractivity contribution is 9.10. The van der Waals surface area contributed by atoms with Gasteiger partial charge in [0.2, 0.25) is 23.6 Å². The molecule has 15 nitrogen and oxygen atoms in total. The van der Waals surface area contributed by atoms with Crippen LogP contribution in [0.4, 0.5) is 13.2 Å². The number of fused-ring (bicyclic) bond motifs is 2. The quantitative estimate of drug-likeness (QED) is 0.0555. The minimum atomic E-state index is -4.62. The van der Waals surface area contributed by atoms with Crippen LogP contribution in [-0.2, 0) is 60.6 Å². The Morgan fingerprint density at radius 2 is 1.57 bits per heavy atom. The summed E-state index contributed by atoms with van der Waals surface area (Å²) in [7, 11) is 1.70. The number of amides is 5. The Labute approximate surface area is 475 Å². The van der Waals surface area contributed by atoms with Gasteiger partial charge in [-0.3, -0.25) is 33.9 Å².